The highest BCUT2D eigenvalue weighted by molar-refractivity contribution is 6.07. The van der Waals surface area contributed by atoms with Crippen molar-refractivity contribution in [1.29, 1.82) is 0 Å². The molecular weight excluding hydrogens is 500 g/mol. The molecule has 0 aromatic heterocycles. The van der Waals surface area contributed by atoms with Gasteiger partial charge in [0, 0.05) is 12.8 Å². The Labute approximate surface area is 229 Å². The predicted octanol–water partition coefficient (Wildman–Crippen LogP) is 4.61. The van der Waals surface area contributed by atoms with Crippen LogP contribution >= 0.6 is 0 Å². The van der Waals surface area contributed by atoms with Gasteiger partial charge in [0.1, 0.15) is 0 Å². The summed E-state index contributed by atoms with van der Waals surface area (Å²) in [6.07, 6.45) is 2.74. The fourth-order valence-corrected chi connectivity index (χ4v) is 4.18. The van der Waals surface area contributed by atoms with E-state index in [2.05, 4.69) is 5.73 Å². The Morgan fingerprint density at radius 1 is 0.564 bits per heavy atom. The molecule has 208 valence electrons. The Morgan fingerprint density at radius 3 is 1.10 bits per heavy atom. The molecule has 0 spiro atoms. The van der Waals surface area contributed by atoms with Crippen molar-refractivity contribution in [2.24, 2.45) is 0 Å². The van der Waals surface area contributed by atoms with Crippen LogP contribution in [-0.2, 0) is 49.0 Å². The van der Waals surface area contributed by atoms with Crippen molar-refractivity contribution in [3.63, 3.8) is 0 Å². The van der Waals surface area contributed by atoms with Crippen molar-refractivity contribution in [3.05, 3.63) is 89.7 Å². The van der Waals surface area contributed by atoms with Crippen LogP contribution in [0.3, 0.4) is 0 Å². The summed E-state index contributed by atoms with van der Waals surface area (Å²) in [7, 11) is 0. The van der Waals surface area contributed by atoms with Gasteiger partial charge in [-0.25, -0.2) is 0 Å². The minimum absolute atomic E-state index is 0.0745. The van der Waals surface area contributed by atoms with E-state index in [1.54, 1.807) is 88.4 Å². The highest BCUT2D eigenvalue weighted by atomic mass is 16.6. The molecule has 2 aromatic carbocycles. The van der Waals surface area contributed by atoms with Gasteiger partial charge in [0.25, 0.3) is 0 Å². The van der Waals surface area contributed by atoms with Crippen molar-refractivity contribution >= 4 is 23.9 Å². The van der Waals surface area contributed by atoms with E-state index < -0.39 is 34.7 Å². The lowest BCUT2D eigenvalue weighted by Gasteiger charge is -2.28. The van der Waals surface area contributed by atoms with Crippen molar-refractivity contribution in [3.8, 4) is 0 Å². The zero-order valence-electron chi connectivity index (χ0n) is 22.9. The first-order valence-corrected chi connectivity index (χ1v) is 13.0. The second kappa shape index (κ2) is 15.3. The normalized spacial score (nSPS) is 11.0. The summed E-state index contributed by atoms with van der Waals surface area (Å²) in [4.78, 5) is 52.8. The van der Waals surface area contributed by atoms with Gasteiger partial charge in [0.2, 0.25) is 0 Å². The minimum Gasteiger partial charge on any atom is -0.465 e. The van der Waals surface area contributed by atoms with Gasteiger partial charge < -0.3 is 18.9 Å². The summed E-state index contributed by atoms with van der Waals surface area (Å²) in [6.45, 7) is 6.92. The number of hydrogen-bond donors (Lipinski definition) is 0. The number of esters is 4. The van der Waals surface area contributed by atoms with E-state index in [0.717, 1.165) is 0 Å². The Kier molecular flexibility index (Phi) is 12.2. The molecule has 0 saturated heterocycles. The quantitative estimate of drug-likeness (QED) is 0.149. The maximum atomic E-state index is 13.2. The zero-order valence-corrected chi connectivity index (χ0v) is 22.9. The summed E-state index contributed by atoms with van der Waals surface area (Å²) in [6, 6.07) is 17.1. The highest BCUT2D eigenvalue weighted by Crippen LogP contribution is 2.34. The first-order valence-electron chi connectivity index (χ1n) is 13.0. The summed E-state index contributed by atoms with van der Waals surface area (Å²) in [5.41, 5.74) is 0.255. The van der Waals surface area contributed by atoms with Crippen LogP contribution in [0.1, 0.15) is 51.7 Å². The zero-order chi connectivity index (χ0) is 28.7. The number of benzene rings is 2. The standard InChI is InChI=1S/C31H36O8/c1-5-36-26(32)30(27(33)37-6-2,24-18-12-9-13-19-24)22-16-11-17-23-31(28(34)38-7-3,29(35)39-8-4)25-20-14-10-15-21-25/h9-10,12-21H,5-8,22-23H2,1-4H3. The fourth-order valence-electron chi connectivity index (χ4n) is 4.18. The molecule has 0 heterocycles. The van der Waals surface area contributed by atoms with Crippen LogP contribution in [0.2, 0.25) is 0 Å². The Morgan fingerprint density at radius 2 is 0.846 bits per heavy atom. The first-order chi connectivity index (χ1) is 18.8. The molecule has 0 aliphatic carbocycles. The van der Waals surface area contributed by atoms with Crippen LogP contribution in [0.4, 0.5) is 0 Å². The van der Waals surface area contributed by atoms with E-state index in [4.69, 9.17) is 18.9 Å². The molecule has 8 nitrogen and oxygen atoms in total. The molecule has 0 N–H and O–H groups in total. The molecule has 2 rings (SSSR count). The van der Waals surface area contributed by atoms with Crippen molar-refractivity contribution in [1.82, 2.24) is 0 Å². The third kappa shape index (κ3) is 7.03. The average Bonchev–Trinajstić information content (AvgIpc) is 2.94. The van der Waals surface area contributed by atoms with E-state index in [0.29, 0.717) is 11.1 Å². The third-order valence-corrected chi connectivity index (χ3v) is 6.08. The van der Waals surface area contributed by atoms with Crippen LogP contribution in [0.15, 0.2) is 78.5 Å². The van der Waals surface area contributed by atoms with Gasteiger partial charge in [0.05, 0.1) is 26.4 Å². The van der Waals surface area contributed by atoms with Crippen LogP contribution in [-0.4, -0.2) is 50.3 Å². The van der Waals surface area contributed by atoms with E-state index in [1.165, 1.54) is 12.2 Å². The molecule has 8 heteroatoms. The molecule has 0 aliphatic heterocycles. The lowest BCUT2D eigenvalue weighted by molar-refractivity contribution is -0.166. The van der Waals surface area contributed by atoms with Gasteiger partial charge in [-0.3, -0.25) is 19.2 Å². The van der Waals surface area contributed by atoms with Gasteiger partial charge in [-0.15, -0.1) is 5.73 Å². The molecule has 0 bridgehead atoms. The monoisotopic (exact) mass is 536 g/mol. The predicted molar refractivity (Wildman–Crippen MR) is 145 cm³/mol. The van der Waals surface area contributed by atoms with Crippen molar-refractivity contribution in [2.45, 2.75) is 51.4 Å². The molecule has 0 fully saturated rings. The second-order valence-electron chi connectivity index (χ2n) is 8.41. The topological polar surface area (TPSA) is 105 Å². The van der Waals surface area contributed by atoms with Crippen LogP contribution in [0, 0.1) is 0 Å². The molecule has 0 amide bonds. The van der Waals surface area contributed by atoms with Crippen molar-refractivity contribution < 1.29 is 38.1 Å². The van der Waals surface area contributed by atoms with Gasteiger partial charge in [-0.2, -0.15) is 0 Å². The van der Waals surface area contributed by atoms with Crippen LogP contribution < -0.4 is 0 Å². The number of carbonyl (C=O) groups is 4. The number of carbonyl (C=O) groups excluding carboxylic acids is 4. The summed E-state index contributed by atoms with van der Waals surface area (Å²) < 4.78 is 21.2. The molecule has 2 aromatic rings. The Bertz CT molecular complexity index is 1040. The number of ether oxygens (including phenoxy) is 4. The fraction of sp³-hybridized carbons (Fsp3) is 0.387. The lowest BCUT2D eigenvalue weighted by atomic mass is 9.76. The summed E-state index contributed by atoms with van der Waals surface area (Å²) >= 11 is 0. The van der Waals surface area contributed by atoms with E-state index in [1.807, 2.05) is 0 Å². The highest BCUT2D eigenvalue weighted by Gasteiger charge is 2.51. The van der Waals surface area contributed by atoms with Gasteiger partial charge in [-0.05, 0) is 51.0 Å². The summed E-state index contributed by atoms with van der Waals surface area (Å²) in [5, 5.41) is 0. The van der Waals surface area contributed by atoms with Crippen LogP contribution in [0.5, 0.6) is 0 Å². The maximum absolute atomic E-state index is 13.2. The number of allylic oxidation sites excluding steroid dienone is 1. The maximum Gasteiger partial charge on any atom is 0.328 e. The first kappa shape index (κ1) is 31.1. The molecule has 39 heavy (non-hydrogen) atoms. The molecule has 0 saturated carbocycles. The van der Waals surface area contributed by atoms with Gasteiger partial charge >= 0.3 is 23.9 Å². The van der Waals surface area contributed by atoms with Crippen molar-refractivity contribution in [2.75, 3.05) is 26.4 Å². The SMILES string of the molecule is CCOC(=O)C(CC=C=CCC(C(=O)OCC)(C(=O)OCC)c1ccccc1)(C(=O)OCC)c1ccccc1. The van der Waals surface area contributed by atoms with E-state index in [-0.39, 0.29) is 39.3 Å². The van der Waals surface area contributed by atoms with Gasteiger partial charge in [0.15, 0.2) is 10.8 Å². The Hall–Kier alpha value is -4.16. The Balaban J connectivity index is 2.56. The number of hydrogen-bond acceptors (Lipinski definition) is 8. The smallest absolute Gasteiger partial charge is 0.328 e. The molecule has 0 atom stereocenters. The largest absolute Gasteiger partial charge is 0.465 e. The summed E-state index contributed by atoms with van der Waals surface area (Å²) in [5.74, 6) is -2.98. The molecule has 0 radical (unpaired) electrons. The lowest BCUT2D eigenvalue weighted by Crippen LogP contribution is -2.46. The molecule has 0 aliphatic rings. The van der Waals surface area contributed by atoms with E-state index >= 15 is 0 Å². The third-order valence-electron chi connectivity index (χ3n) is 6.08. The van der Waals surface area contributed by atoms with Crippen LogP contribution in [0.25, 0.3) is 0 Å². The average molecular weight is 537 g/mol. The van der Waals surface area contributed by atoms with E-state index in [9.17, 15) is 19.2 Å². The number of rotatable bonds is 14. The minimum atomic E-state index is -1.76. The van der Waals surface area contributed by atoms with Gasteiger partial charge in [-0.1, -0.05) is 60.7 Å². The molecule has 0 unspecified atom stereocenters. The molecular formula is C31H36O8. The second-order valence-corrected chi connectivity index (χ2v) is 8.41.